The van der Waals surface area contributed by atoms with Crippen LogP contribution in [0.4, 0.5) is 5.69 Å². The second-order valence-electron chi connectivity index (χ2n) is 6.89. The van der Waals surface area contributed by atoms with E-state index in [1.165, 1.54) is 11.8 Å². The van der Waals surface area contributed by atoms with Gasteiger partial charge in [0.15, 0.2) is 0 Å². The number of anilines is 1. The van der Waals surface area contributed by atoms with Gasteiger partial charge in [-0.25, -0.2) is 0 Å². The lowest BCUT2D eigenvalue weighted by atomic mass is 9.87. The van der Waals surface area contributed by atoms with E-state index >= 15 is 0 Å². The molecule has 0 spiro atoms. The Hall–Kier alpha value is -2.56. The first-order valence-corrected chi connectivity index (χ1v) is 10.8. The highest BCUT2D eigenvalue weighted by Crippen LogP contribution is 2.36. The lowest BCUT2D eigenvalue weighted by molar-refractivity contribution is -0.121. The number of allylic oxidation sites excluding steroid dienone is 1. The number of nitrogens with zero attached hydrogens (tertiary/aromatic N) is 1. The summed E-state index contributed by atoms with van der Waals surface area (Å²) in [6, 6.07) is 15.7. The van der Waals surface area contributed by atoms with Gasteiger partial charge in [-0.15, -0.1) is 0 Å². The van der Waals surface area contributed by atoms with Crippen molar-refractivity contribution in [1.29, 1.82) is 5.26 Å². The number of carbonyl (C=O) groups is 2. The van der Waals surface area contributed by atoms with Crippen molar-refractivity contribution in [2.45, 2.75) is 26.2 Å². The summed E-state index contributed by atoms with van der Waals surface area (Å²) in [5, 5.41) is 15.8. The predicted molar refractivity (Wildman–Crippen MR) is 119 cm³/mol. The van der Waals surface area contributed by atoms with Crippen molar-refractivity contribution in [2.24, 2.45) is 0 Å². The highest BCUT2D eigenvalue weighted by molar-refractivity contribution is 9.10. The van der Waals surface area contributed by atoms with Crippen LogP contribution in [0, 0.1) is 25.2 Å². The minimum atomic E-state index is -0.300. The molecule has 1 aliphatic rings. The van der Waals surface area contributed by atoms with Gasteiger partial charge < -0.3 is 10.6 Å². The summed E-state index contributed by atoms with van der Waals surface area (Å²) in [5.74, 6) is -0.581. The Morgan fingerprint density at radius 2 is 1.93 bits per heavy atom. The molecule has 3 rings (SSSR count). The summed E-state index contributed by atoms with van der Waals surface area (Å²) in [6.45, 7) is 3.96. The fourth-order valence-electron chi connectivity index (χ4n) is 3.06. The van der Waals surface area contributed by atoms with E-state index in [2.05, 4.69) is 32.6 Å². The quantitative estimate of drug-likeness (QED) is 0.659. The number of aryl methyl sites for hydroxylation is 2. The van der Waals surface area contributed by atoms with Gasteiger partial charge in [0, 0.05) is 16.8 Å². The van der Waals surface area contributed by atoms with Gasteiger partial charge in [0.1, 0.15) is 0 Å². The molecule has 29 heavy (non-hydrogen) atoms. The third-order valence-corrected chi connectivity index (χ3v) is 6.26. The van der Waals surface area contributed by atoms with Crippen LogP contribution in [0.25, 0.3) is 0 Å². The summed E-state index contributed by atoms with van der Waals surface area (Å²) in [4.78, 5) is 24.6. The molecule has 0 fully saturated rings. The van der Waals surface area contributed by atoms with E-state index in [0.717, 1.165) is 21.2 Å². The van der Waals surface area contributed by atoms with E-state index < -0.39 is 0 Å². The smallest absolute Gasteiger partial charge is 0.234 e. The Bertz CT molecular complexity index is 1030. The van der Waals surface area contributed by atoms with Crippen LogP contribution in [0.15, 0.2) is 57.5 Å². The molecule has 0 aliphatic carbocycles. The molecular formula is C22H20BrN3O2S. The van der Waals surface area contributed by atoms with Crippen molar-refractivity contribution in [3.63, 3.8) is 0 Å². The van der Waals surface area contributed by atoms with Crippen LogP contribution >= 0.6 is 27.7 Å². The molecule has 2 aromatic carbocycles. The van der Waals surface area contributed by atoms with Gasteiger partial charge in [-0.05, 0) is 53.0 Å². The number of hydrogen-bond donors (Lipinski definition) is 2. The molecule has 2 amide bonds. The Morgan fingerprint density at radius 1 is 1.24 bits per heavy atom. The van der Waals surface area contributed by atoms with E-state index in [-0.39, 0.29) is 29.9 Å². The molecule has 1 aliphatic heterocycles. The highest BCUT2D eigenvalue weighted by Gasteiger charge is 2.29. The van der Waals surface area contributed by atoms with Crippen molar-refractivity contribution in [3.05, 3.63) is 74.2 Å². The fourth-order valence-corrected chi connectivity index (χ4v) is 4.53. The van der Waals surface area contributed by atoms with Crippen LogP contribution in [-0.4, -0.2) is 17.6 Å². The minimum Gasteiger partial charge on any atom is -0.324 e. The number of thioether (sulfide) groups is 1. The molecule has 0 unspecified atom stereocenters. The molecule has 5 nitrogen and oxygen atoms in total. The largest absolute Gasteiger partial charge is 0.324 e. The predicted octanol–water partition coefficient (Wildman–Crippen LogP) is 4.78. The SMILES string of the molecule is Cc1ccc([C@@H]2CC(=O)NC(SCC(=O)Nc3ccc(C)cc3Br)=C2C#N)cc1. The maximum atomic E-state index is 12.4. The zero-order chi connectivity index (χ0) is 21.0. The van der Waals surface area contributed by atoms with Crippen molar-refractivity contribution >= 4 is 45.2 Å². The topological polar surface area (TPSA) is 82.0 Å². The average Bonchev–Trinajstić information content (AvgIpc) is 2.68. The normalized spacial score (nSPS) is 16.2. The standard InChI is InChI=1S/C22H20BrN3O2S/c1-13-3-6-15(7-4-13)16-10-20(27)26-22(17(16)11-24)29-12-21(28)25-19-8-5-14(2)9-18(19)23/h3-9,16H,10,12H2,1-2H3,(H,25,28)(H,26,27)/t16-/m0/s1. The third-order valence-electron chi connectivity index (χ3n) is 4.58. The van der Waals surface area contributed by atoms with Crippen LogP contribution in [0.5, 0.6) is 0 Å². The first-order valence-electron chi connectivity index (χ1n) is 9.07. The van der Waals surface area contributed by atoms with E-state index in [1.807, 2.05) is 56.3 Å². The second-order valence-corrected chi connectivity index (χ2v) is 8.73. The monoisotopic (exact) mass is 469 g/mol. The summed E-state index contributed by atoms with van der Waals surface area (Å²) in [7, 11) is 0. The van der Waals surface area contributed by atoms with Crippen LogP contribution in [0.1, 0.15) is 29.0 Å². The molecular weight excluding hydrogens is 450 g/mol. The van der Waals surface area contributed by atoms with Gasteiger partial charge in [0.25, 0.3) is 0 Å². The molecule has 0 bridgehead atoms. The molecule has 2 N–H and O–H groups in total. The van der Waals surface area contributed by atoms with Gasteiger partial charge >= 0.3 is 0 Å². The number of benzene rings is 2. The van der Waals surface area contributed by atoms with E-state index in [4.69, 9.17) is 0 Å². The van der Waals surface area contributed by atoms with Gasteiger partial charge in [0.2, 0.25) is 11.8 Å². The van der Waals surface area contributed by atoms with Gasteiger partial charge in [-0.3, -0.25) is 9.59 Å². The van der Waals surface area contributed by atoms with E-state index in [1.54, 1.807) is 0 Å². The van der Waals surface area contributed by atoms with Crippen molar-refractivity contribution in [2.75, 3.05) is 11.1 Å². The number of hydrogen-bond acceptors (Lipinski definition) is 4. The summed E-state index contributed by atoms with van der Waals surface area (Å²) >= 11 is 4.61. The molecule has 0 saturated carbocycles. The van der Waals surface area contributed by atoms with Crippen molar-refractivity contribution < 1.29 is 9.59 Å². The zero-order valence-electron chi connectivity index (χ0n) is 16.1. The van der Waals surface area contributed by atoms with Crippen LogP contribution in [-0.2, 0) is 9.59 Å². The number of carbonyl (C=O) groups excluding carboxylic acids is 2. The second kappa shape index (κ2) is 9.29. The van der Waals surface area contributed by atoms with Gasteiger partial charge in [-0.2, -0.15) is 5.26 Å². The maximum Gasteiger partial charge on any atom is 0.234 e. The first-order chi connectivity index (χ1) is 13.9. The Morgan fingerprint density at radius 3 is 2.59 bits per heavy atom. The lowest BCUT2D eigenvalue weighted by Crippen LogP contribution is -2.31. The fraction of sp³-hybridized carbons (Fsp3) is 0.227. The van der Waals surface area contributed by atoms with Crippen molar-refractivity contribution in [1.82, 2.24) is 5.32 Å². The summed E-state index contributed by atoms with van der Waals surface area (Å²) < 4.78 is 0.804. The molecule has 0 radical (unpaired) electrons. The average molecular weight is 470 g/mol. The highest BCUT2D eigenvalue weighted by atomic mass is 79.9. The molecule has 0 saturated heterocycles. The van der Waals surface area contributed by atoms with Gasteiger partial charge in [-0.1, -0.05) is 47.7 Å². The Balaban J connectivity index is 1.75. The molecule has 1 atom stereocenters. The molecule has 7 heteroatoms. The minimum absolute atomic E-state index is 0.0850. The van der Waals surface area contributed by atoms with Crippen LogP contribution in [0.3, 0.4) is 0 Å². The third kappa shape index (κ3) is 5.28. The molecule has 2 aromatic rings. The number of nitriles is 1. The molecule has 0 aromatic heterocycles. The first kappa shape index (κ1) is 21.2. The van der Waals surface area contributed by atoms with Crippen LogP contribution in [0.2, 0.25) is 0 Å². The van der Waals surface area contributed by atoms with E-state index in [9.17, 15) is 14.9 Å². The zero-order valence-corrected chi connectivity index (χ0v) is 18.5. The number of rotatable bonds is 5. The summed E-state index contributed by atoms with van der Waals surface area (Å²) in [5.41, 5.74) is 4.29. The Kier molecular flexibility index (Phi) is 6.78. The van der Waals surface area contributed by atoms with Gasteiger partial charge in [0.05, 0.1) is 28.1 Å². The maximum absolute atomic E-state index is 12.4. The lowest BCUT2D eigenvalue weighted by Gasteiger charge is -2.25. The summed E-state index contributed by atoms with van der Waals surface area (Å²) in [6.07, 6.45) is 0.221. The van der Waals surface area contributed by atoms with Crippen LogP contribution < -0.4 is 10.6 Å². The molecule has 1 heterocycles. The molecule has 148 valence electrons. The number of halogens is 1. The van der Waals surface area contributed by atoms with E-state index in [0.29, 0.717) is 16.3 Å². The van der Waals surface area contributed by atoms with Crippen molar-refractivity contribution in [3.8, 4) is 6.07 Å². The number of nitrogens with one attached hydrogen (secondary N) is 2. The number of amides is 2. The Labute approximate surface area is 182 Å².